The predicted octanol–water partition coefficient (Wildman–Crippen LogP) is 1.24. The molecule has 1 aromatic heterocycles. The van der Waals surface area contributed by atoms with E-state index in [1.807, 2.05) is 6.92 Å². The summed E-state index contributed by atoms with van der Waals surface area (Å²) >= 11 is 5.87. The van der Waals surface area contributed by atoms with Crippen LogP contribution in [-0.4, -0.2) is 42.9 Å². The van der Waals surface area contributed by atoms with Crippen LogP contribution in [0.5, 0.6) is 0 Å². The number of aromatic nitrogens is 2. The minimum Gasteiger partial charge on any atom is -0.344 e. The van der Waals surface area contributed by atoms with Crippen LogP contribution in [0.3, 0.4) is 0 Å². The van der Waals surface area contributed by atoms with Gasteiger partial charge in [0.15, 0.2) is 0 Å². The Kier molecular flexibility index (Phi) is 3.73. The molecule has 0 amide bonds. The summed E-state index contributed by atoms with van der Waals surface area (Å²) < 4.78 is 27.1. The van der Waals surface area contributed by atoms with E-state index in [4.69, 9.17) is 11.6 Å². The van der Waals surface area contributed by atoms with E-state index < -0.39 is 15.4 Å². The first kappa shape index (κ1) is 14.8. The molecule has 2 heterocycles. The van der Waals surface area contributed by atoms with Crippen molar-refractivity contribution in [2.75, 3.05) is 4.90 Å². The Bertz CT molecular complexity index is 587. The highest BCUT2D eigenvalue weighted by molar-refractivity contribution is 6.86. The Morgan fingerprint density at radius 2 is 2.33 bits per heavy atom. The Hall–Kier alpha value is -1.08. The number of halogens is 3. The highest BCUT2D eigenvalue weighted by Crippen LogP contribution is 2.40. The van der Waals surface area contributed by atoms with Gasteiger partial charge in [0, 0.05) is 30.3 Å². The summed E-state index contributed by atoms with van der Waals surface area (Å²) in [6.45, 7) is 1.91. The molecule has 1 aromatic rings. The molecule has 8 heteroatoms. The molecule has 4 nitrogen and oxygen atoms in total. The van der Waals surface area contributed by atoms with E-state index in [9.17, 15) is 13.6 Å². The van der Waals surface area contributed by atoms with Crippen molar-refractivity contribution in [3.63, 3.8) is 0 Å². The molecule has 0 radical (unpaired) electrons. The van der Waals surface area contributed by atoms with Crippen LogP contribution >= 0.6 is 11.6 Å². The zero-order valence-corrected chi connectivity index (χ0v) is 13.8. The van der Waals surface area contributed by atoms with Gasteiger partial charge in [0.2, 0.25) is 11.2 Å². The lowest BCUT2D eigenvalue weighted by Gasteiger charge is -2.40. The van der Waals surface area contributed by atoms with Gasteiger partial charge in [-0.2, -0.15) is 0 Å². The standard InChI is InChI=1S/C13H16ClF2N3OSi/c1-2-8-11(20)21-9-6-17-12(14)18-10(9)19(8)7-3-4-13(15,16)5-7/h6-8H,2-5,21H2,1H3/t7?,8-/m1/s1. The largest absolute Gasteiger partial charge is 0.344 e. The third-order valence-electron chi connectivity index (χ3n) is 4.29. The maximum Gasteiger partial charge on any atom is 0.250 e. The molecule has 21 heavy (non-hydrogen) atoms. The molecule has 0 aromatic carbocycles. The van der Waals surface area contributed by atoms with E-state index in [1.54, 1.807) is 11.1 Å². The highest BCUT2D eigenvalue weighted by atomic mass is 35.5. The van der Waals surface area contributed by atoms with Crippen LogP contribution in [0.15, 0.2) is 6.20 Å². The molecule has 0 saturated heterocycles. The quantitative estimate of drug-likeness (QED) is 0.604. The summed E-state index contributed by atoms with van der Waals surface area (Å²) in [5, 5.41) is 1.08. The van der Waals surface area contributed by atoms with Crippen LogP contribution in [0.4, 0.5) is 14.6 Å². The molecule has 3 rings (SSSR count). The molecular formula is C13H16ClF2N3OSi. The second-order valence-electron chi connectivity index (χ2n) is 5.71. The number of hydrogen-bond donors (Lipinski definition) is 0. The molecule has 2 aliphatic rings. The monoisotopic (exact) mass is 331 g/mol. The smallest absolute Gasteiger partial charge is 0.250 e. The fraction of sp³-hybridized carbons (Fsp3) is 0.615. The maximum absolute atomic E-state index is 13.6. The van der Waals surface area contributed by atoms with E-state index in [0.717, 1.165) is 5.19 Å². The Labute approximate surface area is 128 Å². The number of hydrogen-bond acceptors (Lipinski definition) is 4. The van der Waals surface area contributed by atoms with Gasteiger partial charge in [0.1, 0.15) is 20.7 Å². The van der Waals surface area contributed by atoms with Crippen molar-refractivity contribution in [2.45, 2.75) is 50.6 Å². The van der Waals surface area contributed by atoms with Crippen molar-refractivity contribution >= 4 is 37.5 Å². The van der Waals surface area contributed by atoms with E-state index in [1.165, 1.54) is 0 Å². The molecule has 1 aliphatic heterocycles. The number of carbonyl (C=O) groups is 1. The molecule has 1 saturated carbocycles. The number of fused-ring (bicyclic) bond motifs is 1. The van der Waals surface area contributed by atoms with Crippen molar-refractivity contribution in [1.82, 2.24) is 9.97 Å². The van der Waals surface area contributed by atoms with E-state index in [2.05, 4.69) is 9.97 Å². The average Bonchev–Trinajstić information content (AvgIpc) is 2.77. The Morgan fingerprint density at radius 1 is 1.57 bits per heavy atom. The summed E-state index contributed by atoms with van der Waals surface area (Å²) in [4.78, 5) is 22.3. The molecular weight excluding hydrogens is 316 g/mol. The van der Waals surface area contributed by atoms with Gasteiger partial charge >= 0.3 is 0 Å². The highest BCUT2D eigenvalue weighted by Gasteiger charge is 2.46. The number of carbonyl (C=O) groups excluding carboxylic acids is 1. The number of alkyl halides is 2. The van der Waals surface area contributed by atoms with Gasteiger partial charge in [-0.3, -0.25) is 0 Å². The third-order valence-corrected chi connectivity index (χ3v) is 6.17. The minimum atomic E-state index is -2.65. The molecule has 0 N–H and O–H groups in total. The van der Waals surface area contributed by atoms with Gasteiger partial charge in [0.05, 0.1) is 6.04 Å². The maximum atomic E-state index is 13.6. The first-order valence-corrected chi connectivity index (χ1v) is 8.91. The number of anilines is 1. The van der Waals surface area contributed by atoms with Gasteiger partial charge in [-0.25, -0.2) is 18.7 Å². The normalized spacial score (nSPS) is 29.0. The van der Waals surface area contributed by atoms with Crippen LogP contribution in [0.25, 0.3) is 0 Å². The van der Waals surface area contributed by atoms with Crippen molar-refractivity contribution < 1.29 is 13.6 Å². The Balaban J connectivity index is 2.03. The van der Waals surface area contributed by atoms with Crippen LogP contribution in [0.1, 0.15) is 32.6 Å². The second-order valence-corrected chi connectivity index (χ2v) is 7.87. The zero-order valence-electron chi connectivity index (χ0n) is 11.7. The lowest BCUT2D eigenvalue weighted by molar-refractivity contribution is -0.113. The molecule has 1 fully saturated rings. The van der Waals surface area contributed by atoms with Crippen molar-refractivity contribution in [3.05, 3.63) is 11.5 Å². The summed E-state index contributed by atoms with van der Waals surface area (Å²) in [5.74, 6) is -2.05. The minimum absolute atomic E-state index is 0.0988. The van der Waals surface area contributed by atoms with Crippen LogP contribution < -0.4 is 10.1 Å². The topological polar surface area (TPSA) is 46.1 Å². The van der Waals surface area contributed by atoms with Gasteiger partial charge in [-0.15, -0.1) is 0 Å². The SMILES string of the molecule is CC[C@@H]1C(=O)[SiH2]c2cnc(Cl)nc2N1C1CCC(F)(F)C1. The molecule has 2 atom stereocenters. The van der Waals surface area contributed by atoms with Crippen LogP contribution in [-0.2, 0) is 4.79 Å². The van der Waals surface area contributed by atoms with Gasteiger partial charge in [0.25, 0.3) is 0 Å². The van der Waals surface area contributed by atoms with E-state index in [0.29, 0.717) is 18.7 Å². The van der Waals surface area contributed by atoms with Crippen molar-refractivity contribution in [3.8, 4) is 0 Å². The second kappa shape index (κ2) is 5.28. The van der Waals surface area contributed by atoms with Gasteiger partial charge in [-0.05, 0) is 24.4 Å². The fourth-order valence-corrected chi connectivity index (χ4v) is 5.18. The average molecular weight is 332 g/mol. The lowest BCUT2D eigenvalue weighted by atomic mass is 10.1. The summed E-state index contributed by atoms with van der Waals surface area (Å²) in [5.41, 5.74) is 0. The Morgan fingerprint density at radius 3 is 2.95 bits per heavy atom. The lowest BCUT2D eigenvalue weighted by Crippen LogP contribution is -2.56. The van der Waals surface area contributed by atoms with Crippen LogP contribution in [0.2, 0.25) is 5.28 Å². The molecule has 0 spiro atoms. The van der Waals surface area contributed by atoms with E-state index in [-0.39, 0.29) is 35.6 Å². The first-order valence-electron chi connectivity index (χ1n) is 7.11. The van der Waals surface area contributed by atoms with Crippen LogP contribution in [0, 0.1) is 0 Å². The third kappa shape index (κ3) is 2.68. The molecule has 0 bridgehead atoms. The molecule has 114 valence electrons. The number of nitrogens with zero attached hydrogens (tertiary/aromatic N) is 3. The molecule has 1 aliphatic carbocycles. The predicted molar refractivity (Wildman–Crippen MR) is 79.4 cm³/mol. The van der Waals surface area contributed by atoms with Crippen molar-refractivity contribution in [1.29, 1.82) is 0 Å². The van der Waals surface area contributed by atoms with E-state index >= 15 is 0 Å². The number of rotatable bonds is 2. The summed E-state index contributed by atoms with van der Waals surface area (Å²) in [6.07, 6.45) is 2.21. The fourth-order valence-electron chi connectivity index (χ4n) is 3.35. The van der Waals surface area contributed by atoms with Crippen molar-refractivity contribution in [2.24, 2.45) is 0 Å². The van der Waals surface area contributed by atoms with Gasteiger partial charge in [-0.1, -0.05) is 6.92 Å². The summed E-state index contributed by atoms with van der Waals surface area (Å²) in [7, 11) is -1.13. The zero-order chi connectivity index (χ0) is 15.2. The van der Waals surface area contributed by atoms with Gasteiger partial charge < -0.3 is 9.69 Å². The first-order chi connectivity index (χ1) is 9.91. The summed E-state index contributed by atoms with van der Waals surface area (Å²) in [6, 6.07) is -0.693. The molecule has 1 unspecified atom stereocenters.